The lowest BCUT2D eigenvalue weighted by Gasteiger charge is -2.15. The Kier molecular flexibility index (Phi) is 5.67. The molecule has 0 radical (unpaired) electrons. The molecule has 0 aliphatic rings. The van der Waals surface area contributed by atoms with Crippen molar-refractivity contribution in [3.05, 3.63) is 29.3 Å². The van der Waals surface area contributed by atoms with Gasteiger partial charge in [0, 0.05) is 13.1 Å². The van der Waals surface area contributed by atoms with E-state index in [2.05, 4.69) is 4.72 Å². The first kappa shape index (κ1) is 16.6. The first-order valence-corrected chi connectivity index (χ1v) is 7.79. The summed E-state index contributed by atoms with van der Waals surface area (Å²) in [6.45, 7) is 5.18. The number of nitrogens with one attached hydrogen (secondary N) is 1. The molecular weight excluding hydrogens is 280 g/mol. The Balaban J connectivity index is 2.93. The normalized spacial score (nSPS) is 11.8. The van der Waals surface area contributed by atoms with Crippen molar-refractivity contribution in [2.75, 3.05) is 26.7 Å². The molecule has 0 spiro atoms. The second kappa shape index (κ2) is 6.83. The lowest BCUT2D eigenvalue weighted by molar-refractivity contribution is 0.0696. The van der Waals surface area contributed by atoms with E-state index in [1.807, 2.05) is 18.9 Å². The van der Waals surface area contributed by atoms with E-state index < -0.39 is 16.0 Å². The van der Waals surface area contributed by atoms with E-state index in [1.165, 1.54) is 25.1 Å². The third-order valence-corrected chi connectivity index (χ3v) is 4.73. The molecular formula is C13H20N2O4S. The summed E-state index contributed by atoms with van der Waals surface area (Å²) in [7, 11) is -1.80. The zero-order valence-corrected chi connectivity index (χ0v) is 12.7. The summed E-state index contributed by atoms with van der Waals surface area (Å²) in [5, 5.41) is 9.01. The molecule has 0 aliphatic heterocycles. The maximum Gasteiger partial charge on any atom is 0.335 e. The van der Waals surface area contributed by atoms with E-state index in [0.717, 1.165) is 6.54 Å². The highest BCUT2D eigenvalue weighted by atomic mass is 32.2. The average molecular weight is 300 g/mol. The topological polar surface area (TPSA) is 86.7 Å². The van der Waals surface area contributed by atoms with Crippen LogP contribution in [-0.4, -0.2) is 51.1 Å². The average Bonchev–Trinajstić information content (AvgIpc) is 2.37. The fourth-order valence-electron chi connectivity index (χ4n) is 1.74. The van der Waals surface area contributed by atoms with Gasteiger partial charge in [0.2, 0.25) is 10.0 Å². The number of hydrogen-bond acceptors (Lipinski definition) is 4. The van der Waals surface area contributed by atoms with Crippen LogP contribution in [0, 0.1) is 6.92 Å². The molecule has 2 N–H and O–H groups in total. The van der Waals surface area contributed by atoms with Crippen molar-refractivity contribution in [1.29, 1.82) is 0 Å². The Morgan fingerprint density at radius 1 is 1.40 bits per heavy atom. The fraction of sp³-hybridized carbons (Fsp3) is 0.462. The SMILES string of the molecule is CCN(C)CCNS(=O)(=O)c1cccc(C(=O)O)c1C. The molecule has 0 amide bonds. The molecule has 0 aromatic heterocycles. The number of carboxylic acids is 1. The molecule has 0 fully saturated rings. The molecule has 7 heteroatoms. The van der Waals surface area contributed by atoms with Crippen molar-refractivity contribution in [2.45, 2.75) is 18.7 Å². The highest BCUT2D eigenvalue weighted by molar-refractivity contribution is 7.89. The first-order chi connectivity index (χ1) is 9.29. The van der Waals surface area contributed by atoms with Gasteiger partial charge in [-0.1, -0.05) is 13.0 Å². The van der Waals surface area contributed by atoms with Gasteiger partial charge in [0.1, 0.15) is 0 Å². The molecule has 112 valence electrons. The molecule has 0 aliphatic carbocycles. The van der Waals surface area contributed by atoms with Gasteiger partial charge in [0.25, 0.3) is 0 Å². The first-order valence-electron chi connectivity index (χ1n) is 6.30. The molecule has 20 heavy (non-hydrogen) atoms. The summed E-state index contributed by atoms with van der Waals surface area (Å²) < 4.78 is 26.8. The van der Waals surface area contributed by atoms with Gasteiger partial charge < -0.3 is 10.0 Å². The van der Waals surface area contributed by atoms with Gasteiger partial charge in [0.05, 0.1) is 10.5 Å². The van der Waals surface area contributed by atoms with Crippen molar-refractivity contribution in [3.8, 4) is 0 Å². The molecule has 1 rings (SSSR count). The molecule has 0 unspecified atom stereocenters. The van der Waals surface area contributed by atoms with Gasteiger partial charge in [-0.15, -0.1) is 0 Å². The minimum absolute atomic E-state index is 0.00134. The zero-order chi connectivity index (χ0) is 15.3. The van der Waals surface area contributed by atoms with Gasteiger partial charge in [-0.3, -0.25) is 0 Å². The summed E-state index contributed by atoms with van der Waals surface area (Å²) in [5.74, 6) is -1.13. The van der Waals surface area contributed by atoms with E-state index in [4.69, 9.17) is 5.11 Å². The number of aromatic carboxylic acids is 1. The molecule has 0 bridgehead atoms. The number of sulfonamides is 1. The van der Waals surface area contributed by atoms with Crippen molar-refractivity contribution >= 4 is 16.0 Å². The van der Waals surface area contributed by atoms with Crippen LogP contribution in [0.1, 0.15) is 22.8 Å². The van der Waals surface area contributed by atoms with Crippen LogP contribution in [0.5, 0.6) is 0 Å². The standard InChI is InChI=1S/C13H20N2O4S/c1-4-15(3)9-8-14-20(18,19)12-7-5-6-11(10(12)2)13(16)17/h5-7,14H,4,8-9H2,1-3H3,(H,16,17). The lowest BCUT2D eigenvalue weighted by atomic mass is 10.1. The smallest absolute Gasteiger partial charge is 0.335 e. The summed E-state index contributed by atoms with van der Waals surface area (Å²) >= 11 is 0. The maximum atomic E-state index is 12.2. The van der Waals surface area contributed by atoms with Crippen LogP contribution in [0.3, 0.4) is 0 Å². The molecule has 0 saturated heterocycles. The Morgan fingerprint density at radius 3 is 2.60 bits per heavy atom. The Bertz CT molecular complexity index is 584. The van der Waals surface area contributed by atoms with Crippen molar-refractivity contribution in [3.63, 3.8) is 0 Å². The molecule has 0 atom stereocenters. The lowest BCUT2D eigenvalue weighted by Crippen LogP contribution is -2.33. The molecule has 0 saturated carbocycles. The van der Waals surface area contributed by atoms with Crippen LogP contribution in [0.25, 0.3) is 0 Å². The van der Waals surface area contributed by atoms with E-state index in [0.29, 0.717) is 6.54 Å². The quantitative estimate of drug-likeness (QED) is 0.782. The van der Waals surface area contributed by atoms with Gasteiger partial charge in [-0.25, -0.2) is 17.9 Å². The second-order valence-corrected chi connectivity index (χ2v) is 6.26. The van der Waals surface area contributed by atoms with Crippen LogP contribution < -0.4 is 4.72 Å². The predicted molar refractivity (Wildman–Crippen MR) is 76.5 cm³/mol. The van der Waals surface area contributed by atoms with E-state index in [-0.39, 0.29) is 22.6 Å². The van der Waals surface area contributed by atoms with Crippen molar-refractivity contribution < 1.29 is 18.3 Å². The van der Waals surface area contributed by atoms with Gasteiger partial charge in [0.15, 0.2) is 0 Å². The Labute approximate surface area is 119 Å². The number of hydrogen-bond donors (Lipinski definition) is 2. The van der Waals surface area contributed by atoms with Crippen LogP contribution in [0.15, 0.2) is 23.1 Å². The number of carbonyl (C=O) groups is 1. The van der Waals surface area contributed by atoms with Gasteiger partial charge in [-0.05, 0) is 38.2 Å². The zero-order valence-electron chi connectivity index (χ0n) is 11.9. The summed E-state index contributed by atoms with van der Waals surface area (Å²) in [4.78, 5) is 13.0. The fourth-order valence-corrected chi connectivity index (χ4v) is 3.03. The van der Waals surface area contributed by atoms with E-state index in [1.54, 1.807) is 0 Å². The summed E-state index contributed by atoms with van der Waals surface area (Å²) in [6, 6.07) is 4.23. The monoisotopic (exact) mass is 300 g/mol. The summed E-state index contributed by atoms with van der Waals surface area (Å²) in [6.07, 6.45) is 0. The second-order valence-electron chi connectivity index (χ2n) is 4.53. The largest absolute Gasteiger partial charge is 0.478 e. The minimum atomic E-state index is -3.69. The predicted octanol–water partition coefficient (Wildman–Crippen LogP) is 0.923. The summed E-state index contributed by atoms with van der Waals surface area (Å²) in [5.41, 5.74) is 0.245. The molecule has 6 nitrogen and oxygen atoms in total. The minimum Gasteiger partial charge on any atom is -0.478 e. The number of nitrogens with zero attached hydrogens (tertiary/aromatic N) is 1. The van der Waals surface area contributed by atoms with Gasteiger partial charge >= 0.3 is 5.97 Å². The Hall–Kier alpha value is -1.44. The molecule has 1 aromatic rings. The van der Waals surface area contributed by atoms with E-state index in [9.17, 15) is 13.2 Å². The van der Waals surface area contributed by atoms with Crippen molar-refractivity contribution in [2.24, 2.45) is 0 Å². The maximum absolute atomic E-state index is 12.2. The molecule has 1 aromatic carbocycles. The number of benzene rings is 1. The van der Waals surface area contributed by atoms with Crippen LogP contribution in [0.2, 0.25) is 0 Å². The number of carboxylic acid groups (broad SMARTS) is 1. The van der Waals surface area contributed by atoms with Crippen LogP contribution in [-0.2, 0) is 10.0 Å². The third-order valence-electron chi connectivity index (χ3n) is 3.13. The highest BCUT2D eigenvalue weighted by Crippen LogP contribution is 2.18. The van der Waals surface area contributed by atoms with Gasteiger partial charge in [-0.2, -0.15) is 0 Å². The van der Waals surface area contributed by atoms with Crippen LogP contribution >= 0.6 is 0 Å². The third kappa shape index (κ3) is 4.03. The van der Waals surface area contributed by atoms with E-state index >= 15 is 0 Å². The number of likely N-dealkylation sites (N-methyl/N-ethyl adjacent to an activating group) is 1. The van der Waals surface area contributed by atoms with Crippen LogP contribution in [0.4, 0.5) is 0 Å². The van der Waals surface area contributed by atoms with Crippen molar-refractivity contribution in [1.82, 2.24) is 9.62 Å². The molecule has 0 heterocycles. The highest BCUT2D eigenvalue weighted by Gasteiger charge is 2.20. The Morgan fingerprint density at radius 2 is 2.05 bits per heavy atom. The number of rotatable bonds is 7.